The second kappa shape index (κ2) is 6.22. The third kappa shape index (κ3) is 5.48. The molecule has 0 bridgehead atoms. The summed E-state index contributed by atoms with van der Waals surface area (Å²) in [5.74, 6) is 2.04. The zero-order valence-corrected chi connectivity index (χ0v) is 12.1. The minimum Gasteiger partial charge on any atom is -0.417 e. The largest absolute Gasteiger partial charge is 0.417 e. The van der Waals surface area contributed by atoms with Crippen LogP contribution in [0.4, 0.5) is 4.39 Å². The van der Waals surface area contributed by atoms with Crippen LogP contribution in [0, 0.1) is 12.3 Å². The first-order chi connectivity index (χ1) is 7.20. The average molecular weight is 242 g/mol. The molecule has 1 nitrogen and oxygen atoms in total. The fourth-order valence-electron chi connectivity index (χ4n) is 0.916. The summed E-state index contributed by atoms with van der Waals surface area (Å²) in [6.07, 6.45) is 7.21. The summed E-state index contributed by atoms with van der Waals surface area (Å²) >= 11 is 0. The van der Waals surface area contributed by atoms with E-state index in [1.54, 1.807) is 0 Å². The molecule has 0 aliphatic rings. The zero-order valence-electron chi connectivity index (χ0n) is 11.1. The van der Waals surface area contributed by atoms with Crippen LogP contribution in [0.25, 0.3) is 0 Å². The van der Waals surface area contributed by atoms with E-state index >= 15 is 0 Å². The van der Waals surface area contributed by atoms with E-state index in [-0.39, 0.29) is 17.3 Å². The van der Waals surface area contributed by atoms with Gasteiger partial charge in [-0.15, -0.1) is 6.42 Å². The van der Waals surface area contributed by atoms with Crippen LogP contribution < -0.4 is 0 Å². The van der Waals surface area contributed by atoms with Crippen molar-refractivity contribution < 1.29 is 8.82 Å². The Hall–Kier alpha value is -0.593. The molecular weight excluding hydrogens is 219 g/mol. The number of allylic oxidation sites excluding steroid dienone is 1. The third-order valence-electron chi connectivity index (χ3n) is 3.02. The lowest BCUT2D eigenvalue weighted by Crippen LogP contribution is -2.40. The molecule has 16 heavy (non-hydrogen) atoms. The van der Waals surface area contributed by atoms with E-state index in [9.17, 15) is 4.39 Å². The van der Waals surface area contributed by atoms with Crippen LogP contribution >= 0.6 is 0 Å². The van der Waals surface area contributed by atoms with Gasteiger partial charge in [0.1, 0.15) is 5.83 Å². The van der Waals surface area contributed by atoms with E-state index in [0.29, 0.717) is 13.0 Å². The Balaban J connectivity index is 4.01. The fraction of sp³-hybridized carbons (Fsp3) is 0.692. The molecule has 0 aliphatic heterocycles. The molecule has 0 fully saturated rings. The van der Waals surface area contributed by atoms with Gasteiger partial charge in [0.2, 0.25) is 0 Å². The number of halogens is 1. The lowest BCUT2D eigenvalue weighted by Gasteiger charge is -2.36. The molecular formula is C13H23FOSi. The van der Waals surface area contributed by atoms with Gasteiger partial charge in [0.15, 0.2) is 8.32 Å². The number of hydrogen-bond acceptors (Lipinski definition) is 1. The Bertz CT molecular complexity index is 281. The van der Waals surface area contributed by atoms with Gasteiger partial charge in [0.05, 0.1) is 6.42 Å². The third-order valence-corrected chi connectivity index (χ3v) is 7.56. The lowest BCUT2D eigenvalue weighted by molar-refractivity contribution is 0.293. The first-order valence-corrected chi connectivity index (χ1v) is 8.53. The highest BCUT2D eigenvalue weighted by atomic mass is 28.4. The van der Waals surface area contributed by atoms with Gasteiger partial charge in [-0.1, -0.05) is 26.7 Å². The summed E-state index contributed by atoms with van der Waals surface area (Å²) in [4.78, 5) is 0. The summed E-state index contributed by atoms with van der Waals surface area (Å²) in [7, 11) is -1.69. The maximum Gasteiger partial charge on any atom is 0.191 e. The van der Waals surface area contributed by atoms with Crippen molar-refractivity contribution in [2.75, 3.05) is 6.61 Å². The standard InChI is InChI=1S/C13H23FOSi/c1-7-9-12(14)10-8-11-15-16(5,6)13(2,3)4/h1,10H,8-9,11H2,2-6H3/b12-10-. The molecule has 0 aromatic heterocycles. The Morgan fingerprint density at radius 2 is 2.00 bits per heavy atom. The molecule has 0 amide bonds. The average Bonchev–Trinajstić information content (AvgIpc) is 2.11. The number of rotatable bonds is 5. The second-order valence-electron chi connectivity index (χ2n) is 5.43. The minimum atomic E-state index is -1.69. The van der Waals surface area contributed by atoms with Crippen molar-refractivity contribution >= 4 is 8.32 Å². The lowest BCUT2D eigenvalue weighted by atomic mass is 10.2. The molecule has 0 aromatic rings. The highest BCUT2D eigenvalue weighted by molar-refractivity contribution is 6.74. The van der Waals surface area contributed by atoms with Crippen molar-refractivity contribution in [3.63, 3.8) is 0 Å². The van der Waals surface area contributed by atoms with Gasteiger partial charge in [-0.25, -0.2) is 4.39 Å². The van der Waals surface area contributed by atoms with Crippen molar-refractivity contribution in [1.82, 2.24) is 0 Å². The van der Waals surface area contributed by atoms with Crippen molar-refractivity contribution in [3.05, 3.63) is 11.9 Å². The molecule has 0 saturated heterocycles. The molecule has 3 heteroatoms. The van der Waals surface area contributed by atoms with Gasteiger partial charge in [-0.2, -0.15) is 0 Å². The van der Waals surface area contributed by atoms with E-state index in [0.717, 1.165) is 0 Å². The van der Waals surface area contributed by atoms with Crippen LogP contribution in [0.15, 0.2) is 11.9 Å². The summed E-state index contributed by atoms with van der Waals surface area (Å²) in [5, 5.41) is 0.202. The SMILES string of the molecule is C#CC/C(F)=C/CCO[Si](C)(C)C(C)(C)C. The Morgan fingerprint density at radius 3 is 2.44 bits per heavy atom. The molecule has 0 spiro atoms. The smallest absolute Gasteiger partial charge is 0.191 e. The van der Waals surface area contributed by atoms with Crippen LogP contribution in [-0.4, -0.2) is 14.9 Å². The highest BCUT2D eigenvalue weighted by Gasteiger charge is 2.36. The van der Waals surface area contributed by atoms with Crippen LogP contribution in [0.1, 0.15) is 33.6 Å². The van der Waals surface area contributed by atoms with E-state index in [1.165, 1.54) is 6.08 Å². The normalized spacial score (nSPS) is 13.7. The first kappa shape index (κ1) is 15.4. The maximum atomic E-state index is 12.9. The predicted octanol–water partition coefficient (Wildman–Crippen LogP) is 4.28. The van der Waals surface area contributed by atoms with Crippen LogP contribution in [-0.2, 0) is 4.43 Å². The summed E-state index contributed by atoms with van der Waals surface area (Å²) in [5.41, 5.74) is 0. The Kier molecular flexibility index (Phi) is 5.99. The van der Waals surface area contributed by atoms with Crippen molar-refractivity contribution in [2.45, 2.75) is 51.7 Å². The number of hydrogen-bond donors (Lipinski definition) is 0. The van der Waals surface area contributed by atoms with Gasteiger partial charge in [-0.3, -0.25) is 0 Å². The molecule has 0 heterocycles. The molecule has 0 rings (SSSR count). The van der Waals surface area contributed by atoms with Crippen molar-refractivity contribution in [1.29, 1.82) is 0 Å². The highest BCUT2D eigenvalue weighted by Crippen LogP contribution is 2.36. The van der Waals surface area contributed by atoms with Gasteiger partial charge >= 0.3 is 0 Å². The fourth-order valence-corrected chi connectivity index (χ4v) is 1.98. The van der Waals surface area contributed by atoms with Crippen molar-refractivity contribution in [3.8, 4) is 12.3 Å². The predicted molar refractivity (Wildman–Crippen MR) is 70.4 cm³/mol. The number of terminal acetylenes is 1. The van der Waals surface area contributed by atoms with Crippen LogP contribution in [0.2, 0.25) is 18.1 Å². The zero-order chi connectivity index (χ0) is 12.8. The van der Waals surface area contributed by atoms with E-state index in [1.807, 2.05) is 0 Å². The molecule has 0 aromatic carbocycles. The molecule has 0 unspecified atom stereocenters. The Labute approximate surface area is 100 Å². The Morgan fingerprint density at radius 1 is 1.44 bits per heavy atom. The topological polar surface area (TPSA) is 9.23 Å². The molecule has 0 saturated carbocycles. The first-order valence-electron chi connectivity index (χ1n) is 5.62. The maximum absolute atomic E-state index is 12.9. The van der Waals surface area contributed by atoms with Gasteiger partial charge in [0, 0.05) is 6.61 Å². The van der Waals surface area contributed by atoms with Crippen LogP contribution in [0.5, 0.6) is 0 Å². The summed E-state index contributed by atoms with van der Waals surface area (Å²) in [6, 6.07) is 0. The van der Waals surface area contributed by atoms with Gasteiger partial charge in [-0.05, 0) is 30.6 Å². The second-order valence-corrected chi connectivity index (χ2v) is 10.2. The van der Waals surface area contributed by atoms with Gasteiger partial charge in [0.25, 0.3) is 0 Å². The molecule has 0 aliphatic carbocycles. The van der Waals surface area contributed by atoms with Crippen molar-refractivity contribution in [2.24, 2.45) is 0 Å². The van der Waals surface area contributed by atoms with E-state index < -0.39 is 8.32 Å². The quantitative estimate of drug-likeness (QED) is 0.397. The molecule has 92 valence electrons. The molecule has 0 N–H and O–H groups in total. The van der Waals surface area contributed by atoms with Crippen LogP contribution in [0.3, 0.4) is 0 Å². The van der Waals surface area contributed by atoms with E-state index in [4.69, 9.17) is 10.8 Å². The van der Waals surface area contributed by atoms with Gasteiger partial charge < -0.3 is 4.43 Å². The minimum absolute atomic E-state index is 0.0834. The monoisotopic (exact) mass is 242 g/mol. The molecule has 0 atom stereocenters. The van der Waals surface area contributed by atoms with E-state index in [2.05, 4.69) is 39.8 Å². The molecule has 0 radical (unpaired) electrons. The summed E-state index contributed by atoms with van der Waals surface area (Å²) in [6.45, 7) is 11.5. The summed E-state index contributed by atoms with van der Waals surface area (Å²) < 4.78 is 18.8.